The molecule has 11 heteroatoms. The molecular formula is C24H28N4O6S. The van der Waals surface area contributed by atoms with Crippen LogP contribution < -0.4 is 10.1 Å². The highest BCUT2D eigenvalue weighted by atomic mass is 32.2. The van der Waals surface area contributed by atoms with E-state index in [0.29, 0.717) is 55.8 Å². The van der Waals surface area contributed by atoms with Crippen LogP contribution in [0.25, 0.3) is 11.4 Å². The molecule has 0 spiro atoms. The van der Waals surface area contributed by atoms with E-state index in [1.165, 1.54) is 17.5 Å². The van der Waals surface area contributed by atoms with Crippen molar-refractivity contribution in [1.82, 2.24) is 19.8 Å². The first-order chi connectivity index (χ1) is 16.9. The van der Waals surface area contributed by atoms with Gasteiger partial charge in [0.25, 0.3) is 0 Å². The maximum absolute atomic E-state index is 13.0. The molecule has 0 aliphatic carbocycles. The number of morpholine rings is 1. The Labute approximate surface area is 204 Å². The first-order valence-electron chi connectivity index (χ1n) is 11.3. The quantitative estimate of drug-likeness (QED) is 0.475. The molecular weight excluding hydrogens is 472 g/mol. The molecule has 10 nitrogen and oxygen atoms in total. The van der Waals surface area contributed by atoms with Gasteiger partial charge < -0.3 is 19.3 Å². The lowest BCUT2D eigenvalue weighted by Crippen LogP contribution is -2.40. The lowest BCUT2D eigenvalue weighted by Gasteiger charge is -2.26. The summed E-state index contributed by atoms with van der Waals surface area (Å²) in [5, 5.41) is 6.72. The van der Waals surface area contributed by atoms with Crippen LogP contribution in [0.2, 0.25) is 0 Å². The molecule has 1 amide bonds. The second-order valence-corrected chi connectivity index (χ2v) is 10.1. The van der Waals surface area contributed by atoms with E-state index in [4.69, 9.17) is 14.0 Å². The van der Waals surface area contributed by atoms with Crippen molar-refractivity contribution in [3.8, 4) is 17.1 Å². The molecule has 1 aliphatic rings. The number of sulfonamides is 1. The maximum atomic E-state index is 13.0. The maximum Gasteiger partial charge on any atom is 0.246 e. The van der Waals surface area contributed by atoms with Crippen molar-refractivity contribution in [3.63, 3.8) is 0 Å². The fourth-order valence-electron chi connectivity index (χ4n) is 3.70. The van der Waals surface area contributed by atoms with Gasteiger partial charge in [-0.1, -0.05) is 35.0 Å². The molecule has 0 unspecified atom stereocenters. The highest BCUT2D eigenvalue weighted by molar-refractivity contribution is 7.89. The van der Waals surface area contributed by atoms with Crippen LogP contribution in [0.5, 0.6) is 5.75 Å². The van der Waals surface area contributed by atoms with E-state index >= 15 is 0 Å². The molecule has 0 radical (unpaired) electrons. The molecule has 4 rings (SSSR count). The molecule has 2 aromatic carbocycles. The highest BCUT2D eigenvalue weighted by Crippen LogP contribution is 2.26. The van der Waals surface area contributed by atoms with Crippen LogP contribution in [0.3, 0.4) is 0 Å². The summed E-state index contributed by atoms with van der Waals surface area (Å²) in [6.45, 7) is 3.46. The molecule has 186 valence electrons. The molecule has 35 heavy (non-hydrogen) atoms. The van der Waals surface area contributed by atoms with E-state index in [-0.39, 0.29) is 23.8 Å². The Balaban J connectivity index is 1.36. The summed E-state index contributed by atoms with van der Waals surface area (Å²) in [5.74, 6) is 1.05. The number of benzene rings is 2. The molecule has 0 bridgehead atoms. The van der Waals surface area contributed by atoms with Crippen LogP contribution in [0.1, 0.15) is 23.4 Å². The number of nitrogens with zero attached hydrogens (tertiary/aromatic N) is 3. The van der Waals surface area contributed by atoms with E-state index in [2.05, 4.69) is 15.5 Å². The summed E-state index contributed by atoms with van der Waals surface area (Å²) in [5.41, 5.74) is 2.60. The zero-order valence-electron chi connectivity index (χ0n) is 19.7. The predicted octanol–water partition coefficient (Wildman–Crippen LogP) is 2.32. The summed E-state index contributed by atoms with van der Waals surface area (Å²) in [6, 6.07) is 12.4. The van der Waals surface area contributed by atoms with Crippen molar-refractivity contribution in [2.45, 2.75) is 31.2 Å². The molecule has 1 fully saturated rings. The van der Waals surface area contributed by atoms with Gasteiger partial charge in [-0.05, 0) is 37.1 Å². The number of rotatable bonds is 9. The van der Waals surface area contributed by atoms with E-state index in [1.807, 2.05) is 31.2 Å². The monoisotopic (exact) mass is 500 g/mol. The Hall–Kier alpha value is -3.28. The largest absolute Gasteiger partial charge is 0.496 e. The fraction of sp³-hybridized carbons (Fsp3) is 0.375. The third-order valence-electron chi connectivity index (χ3n) is 5.70. The van der Waals surface area contributed by atoms with Gasteiger partial charge in [-0.2, -0.15) is 9.29 Å². The molecule has 3 aromatic rings. The van der Waals surface area contributed by atoms with E-state index in [9.17, 15) is 13.2 Å². The Kier molecular flexibility index (Phi) is 7.79. The van der Waals surface area contributed by atoms with Gasteiger partial charge in [0.2, 0.25) is 27.6 Å². The van der Waals surface area contributed by atoms with E-state index < -0.39 is 10.0 Å². The smallest absolute Gasteiger partial charge is 0.246 e. The minimum absolute atomic E-state index is 0.0975. The molecule has 0 saturated carbocycles. The van der Waals surface area contributed by atoms with Gasteiger partial charge in [0.1, 0.15) is 5.75 Å². The second kappa shape index (κ2) is 11.0. The van der Waals surface area contributed by atoms with Crippen LogP contribution in [-0.4, -0.2) is 62.2 Å². The number of hydrogen-bond acceptors (Lipinski definition) is 8. The standard InChI is InChI=1S/C24H28N4O6S/c1-17-3-5-18(6-4-17)24-26-23(34-27-24)16-25-22(29)10-7-19-15-20(8-9-21(19)32-2)35(30,31)28-11-13-33-14-12-28/h3-6,8-9,15H,7,10-14,16H2,1-2H3,(H,25,29). The first-order valence-corrected chi connectivity index (χ1v) is 12.7. The Morgan fingerprint density at radius 1 is 1.14 bits per heavy atom. The van der Waals surface area contributed by atoms with Crippen molar-refractivity contribution in [2.24, 2.45) is 0 Å². The lowest BCUT2D eigenvalue weighted by atomic mass is 10.1. The summed E-state index contributed by atoms with van der Waals surface area (Å²) >= 11 is 0. The van der Waals surface area contributed by atoms with Crippen molar-refractivity contribution in [3.05, 3.63) is 59.5 Å². The van der Waals surface area contributed by atoms with Crippen molar-refractivity contribution in [2.75, 3.05) is 33.4 Å². The zero-order chi connectivity index (χ0) is 24.8. The number of carbonyl (C=O) groups excluding carboxylic acids is 1. The summed E-state index contributed by atoms with van der Waals surface area (Å²) < 4.78 is 43.2. The summed E-state index contributed by atoms with van der Waals surface area (Å²) in [4.78, 5) is 16.9. The van der Waals surface area contributed by atoms with Crippen LogP contribution in [0, 0.1) is 6.92 Å². The fourth-order valence-corrected chi connectivity index (χ4v) is 5.16. The zero-order valence-corrected chi connectivity index (χ0v) is 20.5. The third kappa shape index (κ3) is 6.05. The Morgan fingerprint density at radius 2 is 1.89 bits per heavy atom. The van der Waals surface area contributed by atoms with Gasteiger partial charge in [0, 0.05) is 25.1 Å². The number of methoxy groups -OCH3 is 1. The number of hydrogen-bond donors (Lipinski definition) is 1. The van der Waals surface area contributed by atoms with Gasteiger partial charge in [0.05, 0.1) is 31.8 Å². The van der Waals surface area contributed by atoms with Gasteiger partial charge in [0.15, 0.2) is 0 Å². The summed E-state index contributed by atoms with van der Waals surface area (Å²) in [7, 11) is -2.14. The lowest BCUT2D eigenvalue weighted by molar-refractivity contribution is -0.121. The second-order valence-electron chi connectivity index (χ2n) is 8.14. The van der Waals surface area contributed by atoms with Crippen LogP contribution in [0.4, 0.5) is 0 Å². The van der Waals surface area contributed by atoms with E-state index in [1.54, 1.807) is 12.1 Å². The minimum atomic E-state index is -3.65. The number of carbonyl (C=O) groups is 1. The summed E-state index contributed by atoms with van der Waals surface area (Å²) in [6.07, 6.45) is 0.441. The van der Waals surface area contributed by atoms with Crippen molar-refractivity contribution >= 4 is 15.9 Å². The van der Waals surface area contributed by atoms with Gasteiger partial charge >= 0.3 is 0 Å². The average molecular weight is 501 g/mol. The molecule has 1 N–H and O–H groups in total. The topological polar surface area (TPSA) is 124 Å². The minimum Gasteiger partial charge on any atom is -0.496 e. The third-order valence-corrected chi connectivity index (χ3v) is 7.59. The number of amides is 1. The predicted molar refractivity (Wildman–Crippen MR) is 127 cm³/mol. The Morgan fingerprint density at radius 3 is 2.60 bits per heavy atom. The van der Waals surface area contributed by atoms with Gasteiger partial charge in [-0.15, -0.1) is 0 Å². The Bertz CT molecular complexity index is 1270. The average Bonchev–Trinajstić information content (AvgIpc) is 3.36. The number of nitrogens with one attached hydrogen (secondary N) is 1. The molecule has 1 aromatic heterocycles. The number of aryl methyl sites for hydroxylation is 2. The van der Waals surface area contributed by atoms with Gasteiger partial charge in [-0.25, -0.2) is 8.42 Å². The first kappa shape index (κ1) is 24.8. The van der Waals surface area contributed by atoms with E-state index in [0.717, 1.165) is 11.1 Å². The molecule has 0 atom stereocenters. The SMILES string of the molecule is COc1ccc(S(=O)(=O)N2CCOCC2)cc1CCC(=O)NCc1nc(-c2ccc(C)cc2)no1. The number of ether oxygens (including phenoxy) is 2. The molecule has 2 heterocycles. The van der Waals surface area contributed by atoms with Crippen molar-refractivity contribution < 1.29 is 27.2 Å². The van der Waals surface area contributed by atoms with Crippen molar-refractivity contribution in [1.29, 1.82) is 0 Å². The normalized spacial score (nSPS) is 14.6. The van der Waals surface area contributed by atoms with Crippen LogP contribution in [0.15, 0.2) is 51.9 Å². The van der Waals surface area contributed by atoms with Gasteiger partial charge in [-0.3, -0.25) is 4.79 Å². The molecule has 1 aliphatic heterocycles. The van der Waals surface area contributed by atoms with Crippen LogP contribution in [-0.2, 0) is 32.5 Å². The molecule has 1 saturated heterocycles. The highest BCUT2D eigenvalue weighted by Gasteiger charge is 2.27. The number of aromatic nitrogens is 2. The van der Waals surface area contributed by atoms with Crippen LogP contribution >= 0.6 is 0 Å².